The van der Waals surface area contributed by atoms with E-state index in [1.165, 1.54) is 0 Å². The smallest absolute Gasteiger partial charge is 0.243 e. The molecule has 0 saturated carbocycles. The highest BCUT2D eigenvalue weighted by atomic mass is 79.9. The third-order valence-corrected chi connectivity index (χ3v) is 3.39. The second-order valence-electron chi connectivity index (χ2n) is 3.89. The molecular formula is C14H12BrClN2O. The largest absolute Gasteiger partial charge is 0.376 e. The number of anilines is 2. The second kappa shape index (κ2) is 6.59. The van der Waals surface area contributed by atoms with Crippen LogP contribution in [-0.2, 0) is 4.79 Å². The quantitative estimate of drug-likeness (QED) is 0.878. The molecule has 1 amide bonds. The van der Waals surface area contributed by atoms with Crippen molar-refractivity contribution in [3.8, 4) is 0 Å². The molecule has 2 aromatic carbocycles. The topological polar surface area (TPSA) is 41.1 Å². The Labute approximate surface area is 125 Å². The molecule has 19 heavy (non-hydrogen) atoms. The molecule has 2 N–H and O–H groups in total. The second-order valence-corrected chi connectivity index (χ2v) is 5.18. The van der Waals surface area contributed by atoms with Gasteiger partial charge in [0.1, 0.15) is 0 Å². The Bertz CT molecular complexity index is 572. The Balaban J connectivity index is 1.88. The van der Waals surface area contributed by atoms with Gasteiger partial charge >= 0.3 is 0 Å². The number of rotatable bonds is 4. The standard InChI is InChI=1S/C14H12BrClN2O/c15-12-3-1-2-4-13(12)18-14(19)9-17-11-7-5-10(16)6-8-11/h1-8,17H,9H2,(H,18,19). The molecule has 0 aliphatic carbocycles. The molecular weight excluding hydrogens is 328 g/mol. The lowest BCUT2D eigenvalue weighted by Gasteiger charge is -2.09. The fourth-order valence-electron chi connectivity index (χ4n) is 1.51. The molecule has 0 aliphatic heterocycles. The van der Waals surface area contributed by atoms with Gasteiger partial charge < -0.3 is 10.6 Å². The Morgan fingerprint density at radius 2 is 1.79 bits per heavy atom. The summed E-state index contributed by atoms with van der Waals surface area (Å²) >= 11 is 9.17. The summed E-state index contributed by atoms with van der Waals surface area (Å²) in [6, 6.07) is 14.7. The van der Waals surface area contributed by atoms with Crippen molar-refractivity contribution in [1.82, 2.24) is 0 Å². The number of carbonyl (C=O) groups excluding carboxylic acids is 1. The van der Waals surface area contributed by atoms with Crippen molar-refractivity contribution in [2.45, 2.75) is 0 Å². The van der Waals surface area contributed by atoms with Gasteiger partial charge in [-0.1, -0.05) is 23.7 Å². The summed E-state index contributed by atoms with van der Waals surface area (Å²) in [5.74, 6) is -0.109. The lowest BCUT2D eigenvalue weighted by molar-refractivity contribution is -0.114. The number of hydrogen-bond donors (Lipinski definition) is 2. The first-order chi connectivity index (χ1) is 9.15. The Morgan fingerprint density at radius 1 is 1.11 bits per heavy atom. The van der Waals surface area contributed by atoms with E-state index in [9.17, 15) is 4.79 Å². The number of halogens is 2. The molecule has 2 rings (SSSR count). The number of amides is 1. The molecule has 0 spiro atoms. The van der Waals surface area contributed by atoms with Gasteiger partial charge in [0.05, 0.1) is 12.2 Å². The Kier molecular flexibility index (Phi) is 4.82. The van der Waals surface area contributed by atoms with Crippen molar-refractivity contribution in [1.29, 1.82) is 0 Å². The van der Waals surface area contributed by atoms with Crippen molar-refractivity contribution in [3.63, 3.8) is 0 Å². The molecule has 0 atom stereocenters. The van der Waals surface area contributed by atoms with Crippen molar-refractivity contribution in [2.24, 2.45) is 0 Å². The summed E-state index contributed by atoms with van der Waals surface area (Å²) in [7, 11) is 0. The van der Waals surface area contributed by atoms with Gasteiger partial charge in [0.25, 0.3) is 0 Å². The van der Waals surface area contributed by atoms with Gasteiger partial charge in [-0.05, 0) is 52.3 Å². The van der Waals surface area contributed by atoms with Crippen LogP contribution in [-0.4, -0.2) is 12.5 Å². The minimum absolute atomic E-state index is 0.109. The zero-order chi connectivity index (χ0) is 13.7. The first kappa shape index (κ1) is 13.9. The molecule has 2 aromatic rings. The van der Waals surface area contributed by atoms with Crippen LogP contribution in [0, 0.1) is 0 Å². The van der Waals surface area contributed by atoms with Crippen LogP contribution in [0.15, 0.2) is 53.0 Å². The van der Waals surface area contributed by atoms with Crippen LogP contribution in [0.25, 0.3) is 0 Å². The van der Waals surface area contributed by atoms with E-state index in [2.05, 4.69) is 26.6 Å². The Morgan fingerprint density at radius 3 is 2.47 bits per heavy atom. The SMILES string of the molecule is O=C(CNc1ccc(Cl)cc1)Nc1ccccc1Br. The first-order valence-corrected chi connectivity index (χ1v) is 6.86. The van der Waals surface area contributed by atoms with Crippen LogP contribution in [0.2, 0.25) is 5.02 Å². The van der Waals surface area contributed by atoms with Crippen LogP contribution < -0.4 is 10.6 Å². The van der Waals surface area contributed by atoms with Crippen LogP contribution in [0.5, 0.6) is 0 Å². The molecule has 0 saturated heterocycles. The van der Waals surface area contributed by atoms with Crippen molar-refractivity contribution in [3.05, 3.63) is 58.0 Å². The highest BCUT2D eigenvalue weighted by molar-refractivity contribution is 9.10. The predicted molar refractivity (Wildman–Crippen MR) is 82.7 cm³/mol. The van der Waals surface area contributed by atoms with E-state index >= 15 is 0 Å². The first-order valence-electron chi connectivity index (χ1n) is 5.69. The number of carbonyl (C=O) groups is 1. The maximum atomic E-state index is 11.8. The fraction of sp³-hybridized carbons (Fsp3) is 0.0714. The van der Waals surface area contributed by atoms with Gasteiger partial charge in [0.15, 0.2) is 0 Å². The van der Waals surface area contributed by atoms with Gasteiger partial charge in [-0.2, -0.15) is 0 Å². The number of para-hydroxylation sites is 1. The summed E-state index contributed by atoms with van der Waals surface area (Å²) in [6.07, 6.45) is 0. The summed E-state index contributed by atoms with van der Waals surface area (Å²) < 4.78 is 0.856. The third-order valence-electron chi connectivity index (χ3n) is 2.45. The van der Waals surface area contributed by atoms with Gasteiger partial charge in [-0.15, -0.1) is 0 Å². The maximum Gasteiger partial charge on any atom is 0.243 e. The summed E-state index contributed by atoms with van der Waals surface area (Å²) in [5, 5.41) is 6.51. The molecule has 0 bridgehead atoms. The van der Waals surface area contributed by atoms with Crippen LogP contribution in [0.1, 0.15) is 0 Å². The average Bonchev–Trinajstić information content (AvgIpc) is 2.41. The van der Waals surface area contributed by atoms with E-state index in [-0.39, 0.29) is 12.5 Å². The lowest BCUT2D eigenvalue weighted by Crippen LogP contribution is -2.21. The molecule has 0 heterocycles. The maximum absolute atomic E-state index is 11.8. The average molecular weight is 340 g/mol. The summed E-state index contributed by atoms with van der Waals surface area (Å²) in [6.45, 7) is 0.197. The van der Waals surface area contributed by atoms with Crippen LogP contribution in [0.3, 0.4) is 0 Å². The molecule has 0 fully saturated rings. The fourth-order valence-corrected chi connectivity index (χ4v) is 2.02. The van der Waals surface area contributed by atoms with E-state index in [0.29, 0.717) is 5.02 Å². The van der Waals surface area contributed by atoms with Crippen molar-refractivity contribution in [2.75, 3.05) is 17.2 Å². The number of benzene rings is 2. The Hall–Kier alpha value is -1.52. The van der Waals surface area contributed by atoms with Crippen LogP contribution in [0.4, 0.5) is 11.4 Å². The van der Waals surface area contributed by atoms with Gasteiger partial charge in [-0.3, -0.25) is 4.79 Å². The van der Waals surface area contributed by atoms with Gasteiger partial charge in [-0.25, -0.2) is 0 Å². The van der Waals surface area contributed by atoms with Crippen molar-refractivity contribution < 1.29 is 4.79 Å². The predicted octanol–water partition coefficient (Wildman–Crippen LogP) is 4.15. The third kappa shape index (κ3) is 4.26. The number of hydrogen-bond acceptors (Lipinski definition) is 2. The molecule has 0 radical (unpaired) electrons. The van der Waals surface area contributed by atoms with E-state index in [1.807, 2.05) is 36.4 Å². The van der Waals surface area contributed by atoms with Crippen LogP contribution >= 0.6 is 27.5 Å². The minimum Gasteiger partial charge on any atom is -0.376 e. The van der Waals surface area contributed by atoms with E-state index in [0.717, 1.165) is 15.8 Å². The summed E-state index contributed by atoms with van der Waals surface area (Å²) in [4.78, 5) is 11.8. The zero-order valence-electron chi connectivity index (χ0n) is 9.99. The van der Waals surface area contributed by atoms with E-state index < -0.39 is 0 Å². The van der Waals surface area contributed by atoms with Crippen molar-refractivity contribution >= 4 is 44.8 Å². The molecule has 5 heteroatoms. The lowest BCUT2D eigenvalue weighted by atomic mass is 10.3. The monoisotopic (exact) mass is 338 g/mol. The zero-order valence-corrected chi connectivity index (χ0v) is 12.3. The number of nitrogens with one attached hydrogen (secondary N) is 2. The molecule has 0 aromatic heterocycles. The molecule has 0 aliphatic rings. The summed E-state index contributed by atoms with van der Waals surface area (Å²) in [5.41, 5.74) is 1.61. The highest BCUT2D eigenvalue weighted by Crippen LogP contribution is 2.21. The normalized spacial score (nSPS) is 10.0. The van der Waals surface area contributed by atoms with Gasteiger partial charge in [0.2, 0.25) is 5.91 Å². The van der Waals surface area contributed by atoms with E-state index in [1.54, 1.807) is 12.1 Å². The molecule has 98 valence electrons. The molecule has 0 unspecified atom stereocenters. The molecule has 3 nitrogen and oxygen atoms in total. The minimum atomic E-state index is -0.109. The van der Waals surface area contributed by atoms with Gasteiger partial charge in [0, 0.05) is 15.2 Å². The highest BCUT2D eigenvalue weighted by Gasteiger charge is 2.04. The van der Waals surface area contributed by atoms with E-state index in [4.69, 9.17) is 11.6 Å².